The van der Waals surface area contributed by atoms with Gasteiger partial charge in [0.25, 0.3) is 0 Å². The van der Waals surface area contributed by atoms with Gasteiger partial charge in [-0.1, -0.05) is 41.5 Å². The van der Waals surface area contributed by atoms with E-state index in [9.17, 15) is 0 Å². The zero-order valence-corrected chi connectivity index (χ0v) is 13.9. The Bertz CT molecular complexity index is 227. The zero-order chi connectivity index (χ0) is 15.1. The smallest absolute Gasteiger partial charge is 0.162 e. The first-order valence-corrected chi connectivity index (χ1v) is 6.92. The summed E-state index contributed by atoms with van der Waals surface area (Å²) in [6, 6.07) is 0. The Labute approximate surface area is 118 Å². The molecule has 0 rings (SSSR count). The minimum Gasteiger partial charge on any atom is -0.359 e. The minimum absolute atomic E-state index is 0.0687. The standard InChI is InChI=1S/C15H32O4/c1-12(14(2,3)4)19-13(15(5,6)7)18-10-9-17-11-16-8/h12-13H,9-11H2,1-8H3. The van der Waals surface area contributed by atoms with Gasteiger partial charge in [-0.2, -0.15) is 0 Å². The van der Waals surface area contributed by atoms with Crippen LogP contribution in [0, 0.1) is 10.8 Å². The van der Waals surface area contributed by atoms with Crippen molar-refractivity contribution in [3.63, 3.8) is 0 Å². The summed E-state index contributed by atoms with van der Waals surface area (Å²) in [5.41, 5.74) is 0.0280. The van der Waals surface area contributed by atoms with E-state index in [1.54, 1.807) is 7.11 Å². The lowest BCUT2D eigenvalue weighted by Crippen LogP contribution is -2.39. The fourth-order valence-corrected chi connectivity index (χ4v) is 1.24. The average molecular weight is 276 g/mol. The van der Waals surface area contributed by atoms with Gasteiger partial charge < -0.3 is 18.9 Å². The molecule has 0 amide bonds. The lowest BCUT2D eigenvalue weighted by molar-refractivity contribution is -0.235. The van der Waals surface area contributed by atoms with Gasteiger partial charge in [0, 0.05) is 12.5 Å². The molecule has 0 spiro atoms. The summed E-state index contributed by atoms with van der Waals surface area (Å²) in [6.07, 6.45) is -0.121. The van der Waals surface area contributed by atoms with Crippen LogP contribution in [0.1, 0.15) is 48.5 Å². The number of hydrogen-bond donors (Lipinski definition) is 0. The highest BCUT2D eigenvalue weighted by Gasteiger charge is 2.31. The Morgan fingerprint density at radius 2 is 1.47 bits per heavy atom. The third kappa shape index (κ3) is 8.58. The van der Waals surface area contributed by atoms with Gasteiger partial charge >= 0.3 is 0 Å². The first-order chi connectivity index (χ1) is 8.59. The SMILES string of the molecule is COCOCCOC(OC(C)C(C)(C)C)C(C)(C)C. The maximum Gasteiger partial charge on any atom is 0.162 e. The zero-order valence-electron chi connectivity index (χ0n) is 13.9. The van der Waals surface area contributed by atoms with Crippen molar-refractivity contribution < 1.29 is 18.9 Å². The topological polar surface area (TPSA) is 36.9 Å². The molecule has 0 N–H and O–H groups in total. The van der Waals surface area contributed by atoms with Crippen LogP contribution in [0.4, 0.5) is 0 Å². The molecule has 0 aliphatic heterocycles. The highest BCUT2D eigenvalue weighted by molar-refractivity contribution is 4.74. The molecule has 0 heterocycles. The van der Waals surface area contributed by atoms with E-state index in [1.165, 1.54) is 0 Å². The number of ether oxygens (including phenoxy) is 4. The van der Waals surface area contributed by atoms with E-state index in [0.717, 1.165) is 0 Å². The van der Waals surface area contributed by atoms with E-state index in [-0.39, 0.29) is 23.2 Å². The second kappa shape index (κ2) is 8.20. The summed E-state index contributed by atoms with van der Waals surface area (Å²) in [4.78, 5) is 0. The van der Waals surface area contributed by atoms with E-state index >= 15 is 0 Å². The largest absolute Gasteiger partial charge is 0.359 e. The number of rotatable bonds is 8. The van der Waals surface area contributed by atoms with Crippen molar-refractivity contribution >= 4 is 0 Å². The van der Waals surface area contributed by atoms with Crippen LogP contribution < -0.4 is 0 Å². The molecule has 0 saturated carbocycles. The molecule has 0 aromatic rings. The lowest BCUT2D eigenvalue weighted by Gasteiger charge is -2.37. The van der Waals surface area contributed by atoms with Crippen molar-refractivity contribution in [3.8, 4) is 0 Å². The Hall–Kier alpha value is -0.160. The van der Waals surface area contributed by atoms with Gasteiger partial charge in [-0.25, -0.2) is 0 Å². The molecule has 4 nitrogen and oxygen atoms in total. The van der Waals surface area contributed by atoms with Gasteiger partial charge in [0.15, 0.2) is 6.29 Å². The Morgan fingerprint density at radius 1 is 0.895 bits per heavy atom. The Balaban J connectivity index is 4.26. The maximum absolute atomic E-state index is 6.08. The first kappa shape index (κ1) is 18.8. The summed E-state index contributed by atoms with van der Waals surface area (Å²) in [7, 11) is 1.60. The third-order valence-electron chi connectivity index (χ3n) is 2.95. The molecule has 116 valence electrons. The molecule has 2 atom stereocenters. The molecule has 0 fully saturated rings. The third-order valence-corrected chi connectivity index (χ3v) is 2.95. The van der Waals surface area contributed by atoms with E-state index in [2.05, 4.69) is 48.5 Å². The van der Waals surface area contributed by atoms with Gasteiger partial charge in [0.2, 0.25) is 0 Å². The van der Waals surface area contributed by atoms with Crippen LogP contribution in [-0.4, -0.2) is 39.5 Å². The fraction of sp³-hybridized carbons (Fsp3) is 1.00. The molecular formula is C15H32O4. The van der Waals surface area contributed by atoms with Crippen molar-refractivity contribution in [1.29, 1.82) is 0 Å². The van der Waals surface area contributed by atoms with Crippen molar-refractivity contribution in [2.24, 2.45) is 10.8 Å². The van der Waals surface area contributed by atoms with Crippen LogP contribution in [0.5, 0.6) is 0 Å². The van der Waals surface area contributed by atoms with Crippen molar-refractivity contribution in [2.45, 2.75) is 60.9 Å². The van der Waals surface area contributed by atoms with Gasteiger partial charge in [-0.3, -0.25) is 0 Å². The second-order valence-electron chi connectivity index (χ2n) is 7.03. The predicted molar refractivity (Wildman–Crippen MR) is 77.0 cm³/mol. The van der Waals surface area contributed by atoms with E-state index in [1.807, 2.05) is 0 Å². The predicted octanol–water partition coefficient (Wildman–Crippen LogP) is 3.45. The van der Waals surface area contributed by atoms with Gasteiger partial charge in [-0.05, 0) is 12.3 Å². The monoisotopic (exact) mass is 276 g/mol. The molecule has 0 radical (unpaired) electrons. The summed E-state index contributed by atoms with van der Waals surface area (Å²) in [5, 5.41) is 0. The molecule has 0 aromatic carbocycles. The van der Waals surface area contributed by atoms with Crippen LogP contribution in [0.3, 0.4) is 0 Å². The molecular weight excluding hydrogens is 244 g/mol. The van der Waals surface area contributed by atoms with Gasteiger partial charge in [-0.15, -0.1) is 0 Å². The summed E-state index contributed by atoms with van der Waals surface area (Å²) in [6.45, 7) is 16.2. The van der Waals surface area contributed by atoms with Crippen molar-refractivity contribution in [2.75, 3.05) is 27.1 Å². The highest BCUT2D eigenvalue weighted by atomic mass is 16.7. The summed E-state index contributed by atoms with van der Waals surface area (Å²) >= 11 is 0. The highest BCUT2D eigenvalue weighted by Crippen LogP contribution is 2.29. The molecule has 2 unspecified atom stereocenters. The van der Waals surface area contributed by atoms with Crippen LogP contribution in [-0.2, 0) is 18.9 Å². The fourth-order valence-electron chi connectivity index (χ4n) is 1.24. The van der Waals surface area contributed by atoms with Gasteiger partial charge in [0.05, 0.1) is 19.3 Å². The molecule has 0 bridgehead atoms. The second-order valence-corrected chi connectivity index (χ2v) is 7.03. The average Bonchev–Trinajstić information content (AvgIpc) is 2.24. The molecule has 0 aliphatic carbocycles. The van der Waals surface area contributed by atoms with Gasteiger partial charge in [0.1, 0.15) is 6.79 Å². The van der Waals surface area contributed by atoms with Crippen molar-refractivity contribution in [3.05, 3.63) is 0 Å². The molecule has 0 aromatic heterocycles. The molecule has 4 heteroatoms. The quantitative estimate of drug-likeness (QED) is 0.502. The summed E-state index contributed by atoms with van der Waals surface area (Å²) in [5.74, 6) is 0. The normalized spacial score (nSPS) is 16.4. The molecule has 0 saturated heterocycles. The van der Waals surface area contributed by atoms with Crippen LogP contribution in [0.25, 0.3) is 0 Å². The van der Waals surface area contributed by atoms with Crippen LogP contribution >= 0.6 is 0 Å². The molecule has 0 aliphatic rings. The van der Waals surface area contributed by atoms with E-state index in [4.69, 9.17) is 18.9 Å². The maximum atomic E-state index is 6.08. The number of hydrogen-bond acceptors (Lipinski definition) is 4. The molecule has 19 heavy (non-hydrogen) atoms. The van der Waals surface area contributed by atoms with E-state index in [0.29, 0.717) is 20.0 Å². The Kier molecular flexibility index (Phi) is 8.13. The number of methoxy groups -OCH3 is 1. The lowest BCUT2D eigenvalue weighted by atomic mass is 9.89. The Morgan fingerprint density at radius 3 is 1.89 bits per heavy atom. The van der Waals surface area contributed by atoms with E-state index < -0.39 is 0 Å². The first-order valence-electron chi connectivity index (χ1n) is 6.92. The summed E-state index contributed by atoms with van der Waals surface area (Å²) < 4.78 is 21.9. The minimum atomic E-state index is -0.243. The van der Waals surface area contributed by atoms with Crippen molar-refractivity contribution in [1.82, 2.24) is 0 Å². The van der Waals surface area contributed by atoms with Crippen LogP contribution in [0.2, 0.25) is 0 Å². The van der Waals surface area contributed by atoms with Crippen LogP contribution in [0.15, 0.2) is 0 Å².